The SMILES string of the molecule is CCCN(C)C(=O)c1ccc(-n2nc(-c3ccccc3)c3c2CC(C)(C)CC3=O)c([N+](=O)[O-])c1. The molecule has 1 aliphatic rings. The van der Waals surface area contributed by atoms with Crippen LogP contribution in [-0.4, -0.2) is 44.9 Å². The summed E-state index contributed by atoms with van der Waals surface area (Å²) in [6.45, 7) is 6.53. The van der Waals surface area contributed by atoms with Crippen LogP contribution in [0.1, 0.15) is 60.0 Å². The molecule has 0 saturated heterocycles. The summed E-state index contributed by atoms with van der Waals surface area (Å²) < 4.78 is 1.53. The van der Waals surface area contributed by atoms with Gasteiger partial charge in [0.1, 0.15) is 11.4 Å². The Hall–Kier alpha value is -3.81. The molecule has 0 atom stereocenters. The molecule has 1 heterocycles. The van der Waals surface area contributed by atoms with Gasteiger partial charge in [0.05, 0.1) is 16.2 Å². The Balaban J connectivity index is 1.92. The minimum absolute atomic E-state index is 0.0213. The smallest absolute Gasteiger partial charge is 0.295 e. The maximum atomic E-state index is 13.2. The Kier molecular flexibility index (Phi) is 6.08. The molecule has 1 aromatic heterocycles. The van der Waals surface area contributed by atoms with E-state index in [0.29, 0.717) is 36.3 Å². The first kappa shape index (κ1) is 23.4. The average molecular weight is 461 g/mol. The molecule has 0 saturated carbocycles. The van der Waals surface area contributed by atoms with Crippen LogP contribution in [-0.2, 0) is 6.42 Å². The number of nitrogens with zero attached hydrogens (tertiary/aromatic N) is 4. The standard InChI is InChI=1S/C26H28N4O4/c1-5-13-28(4)25(32)18-11-12-19(20(14-18)30(33)34)29-21-15-26(2,3)16-22(31)23(21)24(27-29)17-9-7-6-8-10-17/h6-12,14H,5,13,15-16H2,1-4H3. The molecule has 3 aromatic rings. The lowest BCUT2D eigenvalue weighted by atomic mass is 9.75. The van der Waals surface area contributed by atoms with Crippen LogP contribution in [0.15, 0.2) is 48.5 Å². The van der Waals surface area contributed by atoms with E-state index < -0.39 is 4.92 Å². The van der Waals surface area contributed by atoms with Crippen LogP contribution < -0.4 is 0 Å². The zero-order valence-electron chi connectivity index (χ0n) is 19.9. The number of hydrogen-bond acceptors (Lipinski definition) is 5. The fraction of sp³-hybridized carbons (Fsp3) is 0.346. The van der Waals surface area contributed by atoms with Gasteiger partial charge in [0.15, 0.2) is 5.78 Å². The molecule has 0 radical (unpaired) electrons. The van der Waals surface area contributed by atoms with E-state index in [0.717, 1.165) is 12.0 Å². The van der Waals surface area contributed by atoms with E-state index in [1.165, 1.54) is 10.7 Å². The summed E-state index contributed by atoms with van der Waals surface area (Å²) in [6.07, 6.45) is 1.71. The highest BCUT2D eigenvalue weighted by Gasteiger charge is 2.38. The van der Waals surface area contributed by atoms with Crippen LogP contribution in [0.3, 0.4) is 0 Å². The van der Waals surface area contributed by atoms with Gasteiger partial charge in [-0.05, 0) is 30.4 Å². The van der Waals surface area contributed by atoms with Crippen molar-refractivity contribution in [2.24, 2.45) is 5.41 Å². The third kappa shape index (κ3) is 4.23. The Morgan fingerprint density at radius 2 is 1.88 bits per heavy atom. The number of Topliss-reactive ketones (excluding diaryl/α,β-unsaturated/α-hetero) is 1. The summed E-state index contributed by atoms with van der Waals surface area (Å²) >= 11 is 0. The number of amides is 1. The van der Waals surface area contributed by atoms with Gasteiger partial charge >= 0.3 is 0 Å². The first-order valence-electron chi connectivity index (χ1n) is 11.4. The van der Waals surface area contributed by atoms with Crippen molar-refractivity contribution in [3.05, 3.63) is 75.5 Å². The maximum absolute atomic E-state index is 13.2. The van der Waals surface area contributed by atoms with Crippen molar-refractivity contribution in [2.45, 2.75) is 40.0 Å². The molecule has 8 heteroatoms. The van der Waals surface area contributed by atoms with Crippen LogP contribution in [0.25, 0.3) is 16.9 Å². The van der Waals surface area contributed by atoms with Crippen LogP contribution in [0.4, 0.5) is 5.69 Å². The number of hydrogen-bond donors (Lipinski definition) is 0. The molecule has 34 heavy (non-hydrogen) atoms. The van der Waals surface area contributed by atoms with E-state index in [1.807, 2.05) is 51.1 Å². The van der Waals surface area contributed by atoms with E-state index in [4.69, 9.17) is 5.10 Å². The van der Waals surface area contributed by atoms with E-state index >= 15 is 0 Å². The zero-order valence-corrected chi connectivity index (χ0v) is 19.9. The summed E-state index contributed by atoms with van der Waals surface area (Å²) in [5.74, 6) is -0.299. The topological polar surface area (TPSA) is 98.3 Å². The van der Waals surface area contributed by atoms with Gasteiger partial charge in [-0.1, -0.05) is 51.1 Å². The highest BCUT2D eigenvalue weighted by atomic mass is 16.6. The molecule has 1 amide bonds. The lowest BCUT2D eigenvalue weighted by Gasteiger charge is -2.29. The predicted molar refractivity (Wildman–Crippen MR) is 129 cm³/mol. The third-order valence-corrected chi connectivity index (χ3v) is 6.15. The molecule has 4 rings (SSSR count). The fourth-order valence-electron chi connectivity index (χ4n) is 4.58. The van der Waals surface area contributed by atoms with Crippen molar-refractivity contribution in [3.63, 3.8) is 0 Å². The van der Waals surface area contributed by atoms with Gasteiger partial charge in [-0.3, -0.25) is 19.7 Å². The molecule has 0 fully saturated rings. The van der Waals surface area contributed by atoms with E-state index in [-0.39, 0.29) is 34.0 Å². The van der Waals surface area contributed by atoms with Crippen molar-refractivity contribution in [1.29, 1.82) is 0 Å². The first-order valence-corrected chi connectivity index (χ1v) is 11.4. The van der Waals surface area contributed by atoms with Gasteiger partial charge in [-0.25, -0.2) is 4.68 Å². The highest BCUT2D eigenvalue weighted by Crippen LogP contribution is 2.41. The number of aromatic nitrogens is 2. The van der Waals surface area contributed by atoms with Crippen LogP contribution >= 0.6 is 0 Å². The Morgan fingerprint density at radius 1 is 1.18 bits per heavy atom. The number of nitro benzene ring substituents is 1. The molecule has 2 aromatic carbocycles. The second-order valence-corrected chi connectivity index (χ2v) is 9.58. The molecule has 0 spiro atoms. The summed E-state index contributed by atoms with van der Waals surface area (Å²) in [6, 6.07) is 13.8. The minimum atomic E-state index is -0.502. The number of carbonyl (C=O) groups excluding carboxylic acids is 2. The maximum Gasteiger partial charge on any atom is 0.295 e. The van der Waals surface area contributed by atoms with Crippen molar-refractivity contribution in [3.8, 4) is 16.9 Å². The summed E-state index contributed by atoms with van der Waals surface area (Å²) in [4.78, 5) is 39.1. The first-order chi connectivity index (χ1) is 16.1. The van der Waals surface area contributed by atoms with Gasteiger partial charge in [0, 0.05) is 37.2 Å². The molecule has 0 aliphatic heterocycles. The second-order valence-electron chi connectivity index (χ2n) is 9.58. The third-order valence-electron chi connectivity index (χ3n) is 6.15. The van der Waals surface area contributed by atoms with Crippen LogP contribution in [0, 0.1) is 15.5 Å². The summed E-state index contributed by atoms with van der Waals surface area (Å²) in [5.41, 5.74) is 2.43. The van der Waals surface area contributed by atoms with Crippen molar-refractivity contribution >= 4 is 17.4 Å². The van der Waals surface area contributed by atoms with Gasteiger partial charge in [0.25, 0.3) is 11.6 Å². The van der Waals surface area contributed by atoms with E-state index in [2.05, 4.69) is 0 Å². The number of rotatable bonds is 6. The van der Waals surface area contributed by atoms with Gasteiger partial charge in [-0.15, -0.1) is 0 Å². The number of ketones is 1. The number of carbonyl (C=O) groups is 2. The van der Waals surface area contributed by atoms with Crippen molar-refractivity contribution in [1.82, 2.24) is 14.7 Å². The lowest BCUT2D eigenvalue weighted by molar-refractivity contribution is -0.384. The fourth-order valence-corrected chi connectivity index (χ4v) is 4.58. The normalized spacial score (nSPS) is 14.5. The molecule has 0 bridgehead atoms. The quantitative estimate of drug-likeness (QED) is 0.377. The highest BCUT2D eigenvalue weighted by molar-refractivity contribution is 6.04. The molecule has 1 aliphatic carbocycles. The summed E-state index contributed by atoms with van der Waals surface area (Å²) in [7, 11) is 1.68. The molecule has 0 unspecified atom stereocenters. The predicted octanol–water partition coefficient (Wildman–Crippen LogP) is 5.08. The molecule has 176 valence electrons. The minimum Gasteiger partial charge on any atom is -0.342 e. The Morgan fingerprint density at radius 3 is 2.53 bits per heavy atom. The molecule has 0 N–H and O–H groups in total. The Labute approximate surface area is 198 Å². The number of fused-ring (bicyclic) bond motifs is 1. The monoisotopic (exact) mass is 460 g/mol. The number of benzene rings is 2. The van der Waals surface area contributed by atoms with Gasteiger partial charge in [-0.2, -0.15) is 5.10 Å². The van der Waals surface area contributed by atoms with Crippen molar-refractivity contribution < 1.29 is 14.5 Å². The van der Waals surface area contributed by atoms with Gasteiger partial charge in [0.2, 0.25) is 0 Å². The van der Waals surface area contributed by atoms with E-state index in [1.54, 1.807) is 24.1 Å². The van der Waals surface area contributed by atoms with Crippen LogP contribution in [0.5, 0.6) is 0 Å². The van der Waals surface area contributed by atoms with Crippen LogP contribution in [0.2, 0.25) is 0 Å². The average Bonchev–Trinajstić information content (AvgIpc) is 3.17. The number of nitro groups is 1. The molecule has 8 nitrogen and oxygen atoms in total. The largest absolute Gasteiger partial charge is 0.342 e. The zero-order chi connectivity index (χ0) is 24.6. The molecular weight excluding hydrogens is 432 g/mol. The Bertz CT molecular complexity index is 1280. The lowest BCUT2D eigenvalue weighted by Crippen LogP contribution is -2.28. The summed E-state index contributed by atoms with van der Waals surface area (Å²) in [5, 5.41) is 16.8. The van der Waals surface area contributed by atoms with Crippen molar-refractivity contribution in [2.75, 3.05) is 13.6 Å². The second kappa shape index (κ2) is 8.85. The molecular formula is C26H28N4O4. The van der Waals surface area contributed by atoms with Gasteiger partial charge < -0.3 is 4.90 Å². The van der Waals surface area contributed by atoms with E-state index in [9.17, 15) is 19.7 Å².